The van der Waals surface area contributed by atoms with Crippen LogP contribution >= 0.6 is 11.3 Å². The summed E-state index contributed by atoms with van der Waals surface area (Å²) in [7, 11) is 0. The van der Waals surface area contributed by atoms with Crippen molar-refractivity contribution >= 4 is 16.5 Å². The zero-order valence-corrected chi connectivity index (χ0v) is 5.94. The second kappa shape index (κ2) is 1.88. The third kappa shape index (κ3) is 0.862. The van der Waals surface area contributed by atoms with E-state index in [9.17, 15) is 4.39 Å². The van der Waals surface area contributed by atoms with Crippen LogP contribution in [0.4, 0.5) is 9.52 Å². The summed E-state index contributed by atoms with van der Waals surface area (Å²) in [6.07, 6.45) is -0.110. The van der Waals surface area contributed by atoms with Crippen molar-refractivity contribution in [2.75, 3.05) is 5.73 Å². The molecule has 10 heavy (non-hydrogen) atoms. The number of rotatable bonds is 1. The van der Waals surface area contributed by atoms with Crippen molar-refractivity contribution in [1.82, 2.24) is 10.2 Å². The fourth-order valence-corrected chi connectivity index (χ4v) is 1.59. The van der Waals surface area contributed by atoms with E-state index >= 15 is 0 Å². The van der Waals surface area contributed by atoms with Crippen LogP contribution < -0.4 is 5.73 Å². The lowest BCUT2D eigenvalue weighted by atomic mass is 10.5. The summed E-state index contributed by atoms with van der Waals surface area (Å²) >= 11 is 1.28. The van der Waals surface area contributed by atoms with Crippen molar-refractivity contribution < 1.29 is 4.39 Å². The van der Waals surface area contributed by atoms with Gasteiger partial charge in [0, 0.05) is 5.92 Å². The highest BCUT2D eigenvalue weighted by Gasteiger charge is 2.41. The maximum atomic E-state index is 12.4. The van der Waals surface area contributed by atoms with Gasteiger partial charge in [-0.1, -0.05) is 11.3 Å². The van der Waals surface area contributed by atoms with Crippen molar-refractivity contribution in [2.24, 2.45) is 0 Å². The normalized spacial score (nSPS) is 30.5. The molecule has 2 atom stereocenters. The molecule has 1 heterocycles. The minimum Gasteiger partial charge on any atom is -0.374 e. The van der Waals surface area contributed by atoms with Gasteiger partial charge in [-0.25, -0.2) is 4.39 Å². The zero-order valence-electron chi connectivity index (χ0n) is 5.12. The predicted molar refractivity (Wildman–Crippen MR) is 36.6 cm³/mol. The van der Waals surface area contributed by atoms with Gasteiger partial charge < -0.3 is 5.73 Å². The van der Waals surface area contributed by atoms with Crippen LogP contribution in [0.5, 0.6) is 0 Å². The maximum absolute atomic E-state index is 12.4. The quantitative estimate of drug-likeness (QED) is 0.663. The Morgan fingerprint density at radius 3 is 2.70 bits per heavy atom. The SMILES string of the molecule is Nc1nnc(C2CC2F)s1. The Bertz CT molecular complexity index is 249. The highest BCUT2D eigenvalue weighted by molar-refractivity contribution is 7.15. The summed E-state index contributed by atoms with van der Waals surface area (Å²) in [6, 6.07) is 0. The third-order valence-electron chi connectivity index (χ3n) is 1.49. The molecule has 1 aromatic rings. The highest BCUT2D eigenvalue weighted by atomic mass is 32.1. The Kier molecular flexibility index (Phi) is 1.14. The van der Waals surface area contributed by atoms with Gasteiger partial charge in [-0.05, 0) is 6.42 Å². The van der Waals surface area contributed by atoms with Crippen LogP contribution in [-0.2, 0) is 0 Å². The minimum atomic E-state index is -0.702. The Hall–Kier alpha value is -0.710. The molecule has 0 saturated heterocycles. The number of anilines is 1. The van der Waals surface area contributed by atoms with E-state index in [-0.39, 0.29) is 5.92 Å². The van der Waals surface area contributed by atoms with Crippen molar-refractivity contribution in [3.8, 4) is 0 Å². The van der Waals surface area contributed by atoms with Gasteiger partial charge in [-0.3, -0.25) is 0 Å². The van der Waals surface area contributed by atoms with E-state index in [0.717, 1.165) is 5.01 Å². The van der Waals surface area contributed by atoms with Crippen LogP contribution in [0.25, 0.3) is 0 Å². The molecule has 0 spiro atoms. The molecule has 0 amide bonds. The second-order valence-electron chi connectivity index (χ2n) is 2.34. The first kappa shape index (κ1) is 6.03. The van der Waals surface area contributed by atoms with Crippen LogP contribution in [0.2, 0.25) is 0 Å². The topological polar surface area (TPSA) is 51.8 Å². The molecule has 1 aliphatic rings. The molecule has 0 aromatic carbocycles. The molecule has 0 bridgehead atoms. The molecule has 1 fully saturated rings. The molecule has 2 N–H and O–H groups in total. The molecule has 5 heteroatoms. The lowest BCUT2D eigenvalue weighted by molar-refractivity contribution is 0.467. The number of nitrogen functional groups attached to an aromatic ring is 1. The molecule has 0 aliphatic heterocycles. The lowest BCUT2D eigenvalue weighted by Gasteiger charge is -1.81. The Morgan fingerprint density at radius 1 is 1.60 bits per heavy atom. The van der Waals surface area contributed by atoms with Gasteiger partial charge in [0.2, 0.25) is 5.13 Å². The lowest BCUT2D eigenvalue weighted by Crippen LogP contribution is -1.81. The summed E-state index contributed by atoms with van der Waals surface area (Å²) < 4.78 is 12.4. The fraction of sp³-hybridized carbons (Fsp3) is 0.600. The van der Waals surface area contributed by atoms with Crippen LogP contribution in [-0.4, -0.2) is 16.4 Å². The van der Waals surface area contributed by atoms with E-state index in [2.05, 4.69) is 10.2 Å². The molecular weight excluding hydrogens is 153 g/mol. The van der Waals surface area contributed by atoms with Gasteiger partial charge in [0.25, 0.3) is 0 Å². The van der Waals surface area contributed by atoms with Gasteiger partial charge in [0.05, 0.1) is 0 Å². The number of alkyl halides is 1. The summed E-state index contributed by atoms with van der Waals surface area (Å²) in [5.41, 5.74) is 5.31. The number of nitrogens with zero attached hydrogens (tertiary/aromatic N) is 2. The van der Waals surface area contributed by atoms with Crippen LogP contribution in [0.15, 0.2) is 0 Å². The maximum Gasteiger partial charge on any atom is 0.203 e. The summed E-state index contributed by atoms with van der Waals surface area (Å²) in [4.78, 5) is 0. The molecule has 3 nitrogen and oxygen atoms in total. The summed E-state index contributed by atoms with van der Waals surface area (Å²) in [5, 5.41) is 8.49. The first-order valence-corrected chi connectivity index (χ1v) is 3.82. The molecule has 0 radical (unpaired) electrons. The third-order valence-corrected chi connectivity index (χ3v) is 2.37. The van der Waals surface area contributed by atoms with Crippen molar-refractivity contribution in [3.05, 3.63) is 5.01 Å². The van der Waals surface area contributed by atoms with E-state index in [0.29, 0.717) is 11.6 Å². The molecule has 2 rings (SSSR count). The number of hydrogen-bond acceptors (Lipinski definition) is 4. The van der Waals surface area contributed by atoms with Crippen molar-refractivity contribution in [2.45, 2.75) is 18.5 Å². The molecule has 1 aliphatic carbocycles. The van der Waals surface area contributed by atoms with Crippen LogP contribution in [0.3, 0.4) is 0 Å². The Labute approximate surface area is 61.1 Å². The van der Waals surface area contributed by atoms with Gasteiger partial charge in [0.15, 0.2) is 0 Å². The average Bonchev–Trinajstić information content (AvgIpc) is 2.42. The first-order chi connectivity index (χ1) is 4.77. The predicted octanol–water partition coefficient (Wildman–Crippen LogP) is 0.946. The van der Waals surface area contributed by atoms with Crippen LogP contribution in [0.1, 0.15) is 17.3 Å². The standard InChI is InChI=1S/C5H6FN3S/c6-3-1-2(3)4-8-9-5(7)10-4/h2-3H,1H2,(H2,7,9). The highest BCUT2D eigenvalue weighted by Crippen LogP contribution is 2.44. The number of aromatic nitrogens is 2. The molecule has 54 valence electrons. The summed E-state index contributed by atoms with van der Waals surface area (Å²) in [6.45, 7) is 0. The molecular formula is C5H6FN3S. The summed E-state index contributed by atoms with van der Waals surface area (Å²) in [5.74, 6) is -0.00481. The van der Waals surface area contributed by atoms with Crippen molar-refractivity contribution in [3.63, 3.8) is 0 Å². The van der Waals surface area contributed by atoms with Gasteiger partial charge in [-0.15, -0.1) is 10.2 Å². The van der Waals surface area contributed by atoms with E-state index < -0.39 is 6.17 Å². The van der Waals surface area contributed by atoms with E-state index in [1.54, 1.807) is 0 Å². The van der Waals surface area contributed by atoms with Gasteiger partial charge in [-0.2, -0.15) is 0 Å². The molecule has 1 aromatic heterocycles. The average molecular weight is 159 g/mol. The number of nitrogens with two attached hydrogens (primary N) is 1. The van der Waals surface area contributed by atoms with Crippen LogP contribution in [0, 0.1) is 0 Å². The largest absolute Gasteiger partial charge is 0.374 e. The Balaban J connectivity index is 2.20. The smallest absolute Gasteiger partial charge is 0.203 e. The van der Waals surface area contributed by atoms with Gasteiger partial charge >= 0.3 is 0 Å². The number of halogens is 1. The Morgan fingerprint density at radius 2 is 2.30 bits per heavy atom. The second-order valence-corrected chi connectivity index (χ2v) is 3.38. The van der Waals surface area contributed by atoms with Crippen molar-refractivity contribution in [1.29, 1.82) is 0 Å². The first-order valence-electron chi connectivity index (χ1n) is 3.00. The fourth-order valence-electron chi connectivity index (χ4n) is 0.816. The molecule has 1 saturated carbocycles. The van der Waals surface area contributed by atoms with E-state index in [4.69, 9.17) is 5.73 Å². The number of hydrogen-bond donors (Lipinski definition) is 1. The van der Waals surface area contributed by atoms with E-state index in [1.165, 1.54) is 11.3 Å². The van der Waals surface area contributed by atoms with Gasteiger partial charge in [0.1, 0.15) is 11.2 Å². The monoisotopic (exact) mass is 159 g/mol. The molecule has 2 unspecified atom stereocenters. The zero-order chi connectivity index (χ0) is 7.14. The van der Waals surface area contributed by atoms with E-state index in [1.807, 2.05) is 0 Å². The minimum absolute atomic E-state index is 0.00481.